The van der Waals surface area contributed by atoms with E-state index in [0.29, 0.717) is 28.6 Å². The maximum Gasteiger partial charge on any atom is 0.167 e. The molecule has 1 aromatic carbocycles. The number of aromatic nitrogens is 3. The highest BCUT2D eigenvalue weighted by atomic mass is 16.3. The second-order valence-corrected chi connectivity index (χ2v) is 4.61. The molecular weight excluding hydrogens is 286 g/mol. The molecule has 0 aliphatic carbocycles. The van der Waals surface area contributed by atoms with Gasteiger partial charge in [0.2, 0.25) is 0 Å². The van der Waals surface area contributed by atoms with Gasteiger partial charge in [0.15, 0.2) is 17.5 Å². The number of rotatable bonds is 6. The molecule has 0 saturated carbocycles. The van der Waals surface area contributed by atoms with E-state index in [4.69, 9.17) is 0 Å². The van der Waals surface area contributed by atoms with Gasteiger partial charge in [-0.05, 0) is 6.08 Å². The topological polar surface area (TPSA) is 58.9 Å². The number of benzene rings is 1. The molecule has 0 radical (unpaired) electrons. The first-order valence-electron chi connectivity index (χ1n) is 6.92. The monoisotopic (exact) mass is 303 g/mol. The van der Waals surface area contributed by atoms with Crippen LogP contribution in [0.2, 0.25) is 0 Å². The first-order valence-corrected chi connectivity index (χ1v) is 6.92. The summed E-state index contributed by atoms with van der Waals surface area (Å²) in [5.41, 5.74) is 1.76. The minimum Gasteiger partial charge on any atom is -0.507 e. The van der Waals surface area contributed by atoms with E-state index in [0.717, 1.165) is 5.56 Å². The number of aliphatic hydroxyl groups excluding tert-OH is 1. The third-order valence-corrected chi connectivity index (χ3v) is 3.12. The maximum absolute atomic E-state index is 9.97. The van der Waals surface area contributed by atoms with Gasteiger partial charge in [0.1, 0.15) is 5.76 Å². The first-order chi connectivity index (χ1) is 11.1. The largest absolute Gasteiger partial charge is 0.507 e. The molecule has 0 amide bonds. The standard InChI is InChI=1S/C19H17N3O/c1-5-13(4)17-20-18(14-11-9-8-10-12-14)22-19(21-17)15(6-2)16(23)7-3/h5-12,23H,1-4H2/b16-15-. The van der Waals surface area contributed by atoms with Crippen LogP contribution in [0.5, 0.6) is 0 Å². The summed E-state index contributed by atoms with van der Waals surface area (Å²) in [5.74, 6) is 1.11. The fourth-order valence-electron chi connectivity index (χ4n) is 1.87. The highest BCUT2D eigenvalue weighted by Gasteiger charge is 2.13. The first kappa shape index (κ1) is 16.1. The third kappa shape index (κ3) is 3.49. The third-order valence-electron chi connectivity index (χ3n) is 3.12. The van der Waals surface area contributed by atoms with Gasteiger partial charge in [0, 0.05) is 11.1 Å². The molecule has 0 unspecified atom stereocenters. The summed E-state index contributed by atoms with van der Waals surface area (Å²) in [4.78, 5) is 13.2. The molecule has 2 rings (SSSR count). The predicted octanol–water partition coefficient (Wildman–Crippen LogP) is 4.38. The lowest BCUT2D eigenvalue weighted by Gasteiger charge is -2.09. The Balaban J connectivity index is 2.73. The Bertz CT molecular complexity index is 805. The summed E-state index contributed by atoms with van der Waals surface area (Å²) in [6.45, 7) is 14.8. The van der Waals surface area contributed by atoms with E-state index >= 15 is 0 Å². The highest BCUT2D eigenvalue weighted by Crippen LogP contribution is 2.22. The van der Waals surface area contributed by atoms with Crippen LogP contribution >= 0.6 is 0 Å². The van der Waals surface area contributed by atoms with Crippen LogP contribution in [-0.4, -0.2) is 20.1 Å². The van der Waals surface area contributed by atoms with Crippen LogP contribution in [0.1, 0.15) is 11.6 Å². The van der Waals surface area contributed by atoms with Crippen LogP contribution in [0, 0.1) is 0 Å². The second-order valence-electron chi connectivity index (χ2n) is 4.61. The van der Waals surface area contributed by atoms with Crippen LogP contribution in [0.4, 0.5) is 0 Å². The molecule has 4 heteroatoms. The molecule has 23 heavy (non-hydrogen) atoms. The number of nitrogens with zero attached hydrogens (tertiary/aromatic N) is 3. The summed E-state index contributed by atoms with van der Waals surface area (Å²) < 4.78 is 0. The molecule has 1 heterocycles. The molecule has 1 aromatic heterocycles. The van der Waals surface area contributed by atoms with E-state index in [1.807, 2.05) is 30.3 Å². The van der Waals surface area contributed by atoms with Crippen molar-refractivity contribution in [3.63, 3.8) is 0 Å². The van der Waals surface area contributed by atoms with E-state index in [1.54, 1.807) is 6.08 Å². The SMILES string of the molecule is C=CC(=C)c1nc(/C(C=C)=C(\O)C=C)nc(-c2ccccc2)n1. The summed E-state index contributed by atoms with van der Waals surface area (Å²) in [5, 5.41) is 9.97. The van der Waals surface area contributed by atoms with E-state index in [2.05, 4.69) is 41.3 Å². The fourth-order valence-corrected chi connectivity index (χ4v) is 1.87. The van der Waals surface area contributed by atoms with Crippen LogP contribution in [0.3, 0.4) is 0 Å². The van der Waals surface area contributed by atoms with Crippen molar-refractivity contribution >= 4 is 11.1 Å². The van der Waals surface area contributed by atoms with Crippen molar-refractivity contribution in [2.45, 2.75) is 0 Å². The van der Waals surface area contributed by atoms with Crippen molar-refractivity contribution in [3.8, 4) is 11.4 Å². The predicted molar refractivity (Wildman–Crippen MR) is 94.4 cm³/mol. The molecule has 0 bridgehead atoms. The second kappa shape index (κ2) is 7.13. The zero-order valence-electron chi connectivity index (χ0n) is 12.7. The van der Waals surface area contributed by atoms with Gasteiger partial charge in [-0.2, -0.15) is 0 Å². The highest BCUT2D eigenvalue weighted by molar-refractivity contribution is 5.75. The lowest BCUT2D eigenvalue weighted by molar-refractivity contribution is 0.435. The van der Waals surface area contributed by atoms with E-state index < -0.39 is 0 Å². The van der Waals surface area contributed by atoms with E-state index in [9.17, 15) is 5.11 Å². The summed E-state index contributed by atoms with van der Waals surface area (Å²) >= 11 is 0. The molecule has 0 aliphatic rings. The average Bonchev–Trinajstić information content (AvgIpc) is 2.61. The van der Waals surface area contributed by atoms with Crippen LogP contribution < -0.4 is 0 Å². The average molecular weight is 303 g/mol. The number of aliphatic hydroxyl groups is 1. The quantitative estimate of drug-likeness (QED) is 0.635. The minimum atomic E-state index is -0.0552. The zero-order valence-corrected chi connectivity index (χ0v) is 12.7. The zero-order chi connectivity index (χ0) is 16.8. The summed E-state index contributed by atoms with van der Waals surface area (Å²) in [6.07, 6.45) is 4.35. The normalized spacial score (nSPS) is 11.3. The Hall–Kier alpha value is -3.27. The van der Waals surface area contributed by atoms with Gasteiger partial charge in [-0.15, -0.1) is 0 Å². The number of allylic oxidation sites excluding steroid dienone is 5. The minimum absolute atomic E-state index is 0.0552. The summed E-state index contributed by atoms with van der Waals surface area (Å²) in [6, 6.07) is 9.49. The number of hydrogen-bond acceptors (Lipinski definition) is 4. The van der Waals surface area contributed by atoms with E-state index in [-0.39, 0.29) is 5.76 Å². The molecule has 0 aliphatic heterocycles. The maximum atomic E-state index is 9.97. The van der Waals surface area contributed by atoms with Crippen LogP contribution in [0.15, 0.2) is 80.6 Å². The molecule has 0 fully saturated rings. The Morgan fingerprint density at radius 2 is 1.52 bits per heavy atom. The van der Waals surface area contributed by atoms with Crippen LogP contribution in [-0.2, 0) is 0 Å². The molecule has 114 valence electrons. The molecule has 0 saturated heterocycles. The van der Waals surface area contributed by atoms with Crippen LogP contribution in [0.25, 0.3) is 22.5 Å². The van der Waals surface area contributed by atoms with Gasteiger partial charge in [0.05, 0.1) is 5.57 Å². The molecule has 0 atom stereocenters. The van der Waals surface area contributed by atoms with Gasteiger partial charge in [0.25, 0.3) is 0 Å². The van der Waals surface area contributed by atoms with Crippen molar-refractivity contribution in [1.82, 2.24) is 15.0 Å². The van der Waals surface area contributed by atoms with Crippen molar-refractivity contribution in [2.75, 3.05) is 0 Å². The Morgan fingerprint density at radius 3 is 2.09 bits per heavy atom. The molecule has 1 N–H and O–H groups in total. The van der Waals surface area contributed by atoms with Gasteiger partial charge >= 0.3 is 0 Å². The summed E-state index contributed by atoms with van der Waals surface area (Å²) in [7, 11) is 0. The Labute approximate surface area is 135 Å². The Morgan fingerprint density at radius 1 is 0.870 bits per heavy atom. The molecule has 2 aromatic rings. The van der Waals surface area contributed by atoms with Crippen molar-refractivity contribution in [3.05, 3.63) is 92.3 Å². The lowest BCUT2D eigenvalue weighted by Crippen LogP contribution is -2.04. The lowest BCUT2D eigenvalue weighted by atomic mass is 10.1. The smallest absolute Gasteiger partial charge is 0.167 e. The van der Waals surface area contributed by atoms with Crippen molar-refractivity contribution in [1.29, 1.82) is 0 Å². The fraction of sp³-hybridized carbons (Fsp3) is 0. The Kier molecular flexibility index (Phi) is 5.00. The molecule has 4 nitrogen and oxygen atoms in total. The van der Waals surface area contributed by atoms with Gasteiger partial charge in [-0.3, -0.25) is 0 Å². The van der Waals surface area contributed by atoms with E-state index in [1.165, 1.54) is 12.2 Å². The van der Waals surface area contributed by atoms with Gasteiger partial charge < -0.3 is 5.11 Å². The molecular formula is C19H17N3O. The van der Waals surface area contributed by atoms with Gasteiger partial charge in [-0.25, -0.2) is 15.0 Å². The number of hydrogen-bond donors (Lipinski definition) is 1. The van der Waals surface area contributed by atoms with Crippen molar-refractivity contribution < 1.29 is 5.11 Å². The molecule has 0 spiro atoms. The van der Waals surface area contributed by atoms with Gasteiger partial charge in [-0.1, -0.05) is 68.8 Å². The van der Waals surface area contributed by atoms with Crippen molar-refractivity contribution in [2.24, 2.45) is 0 Å².